The monoisotopic (exact) mass is 416 g/mol. The van der Waals surface area contributed by atoms with Gasteiger partial charge < -0.3 is 10.2 Å². The third kappa shape index (κ3) is 4.47. The minimum Gasteiger partial charge on any atom is -0.352 e. The highest BCUT2D eigenvalue weighted by atomic mass is 16.6. The number of nitro benzene ring substituents is 1. The van der Waals surface area contributed by atoms with E-state index in [9.17, 15) is 29.3 Å². The van der Waals surface area contributed by atoms with Crippen LogP contribution >= 0.6 is 0 Å². The fraction of sp³-hybridized carbons (Fsp3) is 0.500. The molecule has 4 amide bonds. The van der Waals surface area contributed by atoms with Crippen LogP contribution in [0.4, 0.5) is 5.69 Å². The molecule has 0 bridgehead atoms. The number of nitro groups is 1. The first-order chi connectivity index (χ1) is 14.2. The van der Waals surface area contributed by atoms with Gasteiger partial charge in [-0.25, -0.2) is 0 Å². The summed E-state index contributed by atoms with van der Waals surface area (Å²) in [7, 11) is 0. The summed E-state index contributed by atoms with van der Waals surface area (Å²) in [5.74, 6) is -1.45. The molecule has 2 aliphatic rings. The smallest absolute Gasteiger partial charge is 0.270 e. The molecule has 30 heavy (non-hydrogen) atoms. The molecule has 0 aromatic heterocycles. The highest BCUT2D eigenvalue weighted by molar-refractivity contribution is 6.22. The van der Waals surface area contributed by atoms with Crippen molar-refractivity contribution in [2.24, 2.45) is 5.92 Å². The Bertz CT molecular complexity index is 905. The number of nitrogens with one attached hydrogen (secondary N) is 1. The first-order valence-electron chi connectivity index (χ1n) is 9.89. The van der Waals surface area contributed by atoms with E-state index < -0.39 is 29.2 Å². The van der Waals surface area contributed by atoms with E-state index >= 15 is 0 Å². The molecular formula is C20H24N4O6. The Morgan fingerprint density at radius 1 is 1.17 bits per heavy atom. The lowest BCUT2D eigenvalue weighted by molar-refractivity contribution is -0.384. The molecule has 0 radical (unpaired) electrons. The van der Waals surface area contributed by atoms with Gasteiger partial charge in [-0.1, -0.05) is 13.8 Å². The average molecular weight is 416 g/mol. The van der Waals surface area contributed by atoms with Crippen LogP contribution in [0.1, 0.15) is 53.8 Å². The van der Waals surface area contributed by atoms with Crippen LogP contribution in [0.2, 0.25) is 0 Å². The number of carbonyl (C=O) groups excluding carboxylic acids is 4. The summed E-state index contributed by atoms with van der Waals surface area (Å²) in [4.78, 5) is 62.3. The third-order valence-corrected chi connectivity index (χ3v) is 5.26. The van der Waals surface area contributed by atoms with Crippen molar-refractivity contribution in [2.45, 2.75) is 39.2 Å². The average Bonchev–Trinajstić information content (AvgIpc) is 2.92. The molecule has 1 aromatic rings. The van der Waals surface area contributed by atoms with Gasteiger partial charge in [0.25, 0.3) is 17.5 Å². The predicted molar refractivity (Wildman–Crippen MR) is 106 cm³/mol. The fourth-order valence-electron chi connectivity index (χ4n) is 3.70. The summed E-state index contributed by atoms with van der Waals surface area (Å²) in [6, 6.07) is 3.30. The van der Waals surface area contributed by atoms with Crippen molar-refractivity contribution >= 4 is 29.3 Å². The van der Waals surface area contributed by atoms with Gasteiger partial charge in [0.05, 0.1) is 16.1 Å². The number of nitrogens with zero attached hydrogens (tertiary/aromatic N) is 3. The van der Waals surface area contributed by atoms with Crippen molar-refractivity contribution in [1.82, 2.24) is 15.1 Å². The highest BCUT2D eigenvalue weighted by Gasteiger charge is 2.38. The summed E-state index contributed by atoms with van der Waals surface area (Å²) >= 11 is 0. The number of amides is 4. The number of fused-ring (bicyclic) bond motifs is 1. The van der Waals surface area contributed by atoms with Crippen LogP contribution in [-0.4, -0.2) is 64.0 Å². The second-order valence-electron chi connectivity index (χ2n) is 8.00. The van der Waals surface area contributed by atoms with Crippen LogP contribution in [0.5, 0.6) is 0 Å². The largest absolute Gasteiger partial charge is 0.352 e. The molecule has 1 N–H and O–H groups in total. The van der Waals surface area contributed by atoms with Crippen LogP contribution in [0.15, 0.2) is 18.2 Å². The minimum atomic E-state index is -0.719. The summed E-state index contributed by atoms with van der Waals surface area (Å²) in [6.07, 6.45) is 1.70. The van der Waals surface area contributed by atoms with Crippen LogP contribution < -0.4 is 5.32 Å². The van der Waals surface area contributed by atoms with Crippen molar-refractivity contribution in [3.63, 3.8) is 0 Å². The number of likely N-dealkylation sites (tertiary alicyclic amines) is 1. The molecule has 2 aliphatic heterocycles. The number of imide groups is 1. The first kappa shape index (κ1) is 21.4. The molecule has 0 spiro atoms. The van der Waals surface area contributed by atoms with Crippen LogP contribution in [0, 0.1) is 16.0 Å². The lowest BCUT2D eigenvalue weighted by Gasteiger charge is -2.33. The molecule has 0 atom stereocenters. The Kier molecular flexibility index (Phi) is 6.14. The molecule has 160 valence electrons. The molecule has 0 saturated carbocycles. The van der Waals surface area contributed by atoms with Crippen molar-refractivity contribution in [3.8, 4) is 0 Å². The highest BCUT2D eigenvalue weighted by Crippen LogP contribution is 2.26. The molecule has 1 aromatic carbocycles. The van der Waals surface area contributed by atoms with Gasteiger partial charge in [-0.2, -0.15) is 0 Å². The van der Waals surface area contributed by atoms with Crippen molar-refractivity contribution < 1.29 is 24.1 Å². The standard InChI is InChI=1S/C20H24N4O6/c1-12(2)9-18(26)22-7-5-13(6-8-22)21-17(25)11-23-19(27)15-4-3-14(24(29)30)10-16(15)20(23)28/h3-4,10,12-13H,5-9,11H2,1-2H3,(H,21,25). The number of piperidine rings is 1. The zero-order valence-electron chi connectivity index (χ0n) is 16.9. The number of non-ortho nitro benzene ring substituents is 1. The van der Waals surface area contributed by atoms with Crippen molar-refractivity contribution in [2.75, 3.05) is 19.6 Å². The van der Waals surface area contributed by atoms with E-state index in [1.165, 1.54) is 6.07 Å². The number of hydrogen-bond acceptors (Lipinski definition) is 6. The maximum Gasteiger partial charge on any atom is 0.270 e. The summed E-state index contributed by atoms with van der Waals surface area (Å²) in [5, 5.41) is 13.7. The Labute approximate surface area is 173 Å². The summed E-state index contributed by atoms with van der Waals surface area (Å²) < 4.78 is 0. The maximum atomic E-state index is 12.5. The molecule has 0 unspecified atom stereocenters. The normalized spacial score (nSPS) is 16.8. The number of benzene rings is 1. The van der Waals surface area contributed by atoms with Gasteiger partial charge in [0, 0.05) is 37.7 Å². The van der Waals surface area contributed by atoms with Crippen LogP contribution in [0.3, 0.4) is 0 Å². The Morgan fingerprint density at radius 3 is 2.40 bits per heavy atom. The molecule has 2 heterocycles. The van der Waals surface area contributed by atoms with E-state index in [4.69, 9.17) is 0 Å². The Morgan fingerprint density at radius 2 is 1.80 bits per heavy atom. The number of rotatable bonds is 6. The molecule has 10 heteroatoms. The van der Waals surface area contributed by atoms with Gasteiger partial charge in [-0.15, -0.1) is 0 Å². The van der Waals surface area contributed by atoms with Gasteiger partial charge >= 0.3 is 0 Å². The zero-order valence-corrected chi connectivity index (χ0v) is 16.9. The second kappa shape index (κ2) is 8.60. The molecule has 10 nitrogen and oxygen atoms in total. The minimum absolute atomic E-state index is 0.0513. The summed E-state index contributed by atoms with van der Waals surface area (Å²) in [5.41, 5.74) is -0.311. The van der Waals surface area contributed by atoms with E-state index in [1.807, 2.05) is 13.8 Å². The first-order valence-corrected chi connectivity index (χ1v) is 9.89. The quantitative estimate of drug-likeness (QED) is 0.423. The van der Waals surface area contributed by atoms with Crippen LogP contribution in [0.25, 0.3) is 0 Å². The fourth-order valence-corrected chi connectivity index (χ4v) is 3.70. The van der Waals surface area contributed by atoms with Gasteiger partial charge in [-0.05, 0) is 24.8 Å². The Balaban J connectivity index is 1.55. The molecule has 3 rings (SSSR count). The van der Waals surface area contributed by atoms with E-state index in [1.54, 1.807) is 4.90 Å². The third-order valence-electron chi connectivity index (χ3n) is 5.26. The molecular weight excluding hydrogens is 392 g/mol. The van der Waals surface area contributed by atoms with E-state index in [-0.39, 0.29) is 34.7 Å². The van der Waals surface area contributed by atoms with Gasteiger partial charge in [0.2, 0.25) is 11.8 Å². The van der Waals surface area contributed by atoms with Gasteiger partial charge in [0.15, 0.2) is 0 Å². The molecule has 1 saturated heterocycles. The number of hydrogen-bond donors (Lipinski definition) is 1. The second-order valence-corrected chi connectivity index (χ2v) is 8.00. The lowest BCUT2D eigenvalue weighted by atomic mass is 10.0. The maximum absolute atomic E-state index is 12.5. The van der Waals surface area contributed by atoms with Gasteiger partial charge in [-0.3, -0.25) is 34.2 Å². The Hall–Kier alpha value is -3.30. The van der Waals surface area contributed by atoms with Gasteiger partial charge in [0.1, 0.15) is 6.54 Å². The SMILES string of the molecule is CC(C)CC(=O)N1CCC(NC(=O)CN2C(=O)c3ccc([N+](=O)[O-])cc3C2=O)CC1. The zero-order chi connectivity index (χ0) is 22.0. The topological polar surface area (TPSA) is 130 Å². The summed E-state index contributed by atoms with van der Waals surface area (Å²) in [6.45, 7) is 4.62. The van der Waals surface area contributed by atoms with E-state index in [2.05, 4.69) is 5.32 Å². The van der Waals surface area contributed by atoms with E-state index in [0.29, 0.717) is 32.4 Å². The number of carbonyl (C=O) groups is 4. The molecule has 1 fully saturated rings. The van der Waals surface area contributed by atoms with Crippen molar-refractivity contribution in [3.05, 3.63) is 39.4 Å². The lowest BCUT2D eigenvalue weighted by Crippen LogP contribution is -2.49. The van der Waals surface area contributed by atoms with Crippen molar-refractivity contribution in [1.29, 1.82) is 0 Å². The predicted octanol–water partition coefficient (Wildman–Crippen LogP) is 1.34. The molecule has 0 aliphatic carbocycles. The van der Waals surface area contributed by atoms with E-state index in [0.717, 1.165) is 17.0 Å². The van der Waals surface area contributed by atoms with Crippen LogP contribution in [-0.2, 0) is 9.59 Å².